The zero-order valence-corrected chi connectivity index (χ0v) is 10.9. The summed E-state index contributed by atoms with van der Waals surface area (Å²) in [6.45, 7) is 0.0247. The number of rotatable bonds is 7. The molecule has 0 unspecified atom stereocenters. The average molecular weight is 294 g/mol. The van der Waals surface area contributed by atoms with Gasteiger partial charge in [-0.2, -0.15) is 0 Å². The number of benzene rings is 1. The molecule has 0 aliphatic carbocycles. The maximum atomic E-state index is 11.4. The normalized spacial score (nSPS) is 12.0. The number of nitrogens with one attached hydrogen (secondary N) is 1. The summed E-state index contributed by atoms with van der Waals surface area (Å²) < 4.78 is 0. The second-order valence-corrected chi connectivity index (χ2v) is 4.12. The molecule has 8 nitrogen and oxygen atoms in total. The minimum Gasteiger partial charge on any atom is -0.479 e. The number of hydrogen-bond donors (Lipinski definition) is 3. The third kappa shape index (κ3) is 5.83. The van der Waals surface area contributed by atoms with Crippen LogP contribution in [0.3, 0.4) is 0 Å². The summed E-state index contributed by atoms with van der Waals surface area (Å²) in [5, 5.41) is 30.3. The maximum Gasteiger partial charge on any atom is 0.332 e. The Hall–Kier alpha value is -2.74. The summed E-state index contributed by atoms with van der Waals surface area (Å²) in [5.41, 5.74) is 0.570. The van der Waals surface area contributed by atoms with Gasteiger partial charge in [-0.3, -0.25) is 14.9 Å². The van der Waals surface area contributed by atoms with Crippen LogP contribution in [0, 0.1) is 10.1 Å². The number of aliphatic carboxylic acids is 1. The van der Waals surface area contributed by atoms with Crippen LogP contribution in [0.4, 0.5) is 5.69 Å². The van der Waals surface area contributed by atoms with E-state index < -0.39 is 22.9 Å². The molecule has 0 aliphatic heterocycles. The average Bonchev–Trinajstić information content (AvgIpc) is 2.45. The van der Waals surface area contributed by atoms with Crippen LogP contribution in [0.25, 0.3) is 6.08 Å². The molecule has 0 saturated heterocycles. The first-order valence-electron chi connectivity index (χ1n) is 6.01. The van der Waals surface area contributed by atoms with Crippen molar-refractivity contribution < 1.29 is 24.7 Å². The highest BCUT2D eigenvalue weighted by atomic mass is 16.6. The molecule has 3 N–H and O–H groups in total. The number of carbonyl (C=O) groups is 2. The van der Waals surface area contributed by atoms with Crippen LogP contribution in [-0.2, 0) is 9.59 Å². The molecule has 1 atom stereocenters. The molecular weight excluding hydrogens is 280 g/mol. The van der Waals surface area contributed by atoms with Gasteiger partial charge < -0.3 is 15.5 Å². The molecule has 0 heterocycles. The van der Waals surface area contributed by atoms with Crippen LogP contribution < -0.4 is 5.32 Å². The van der Waals surface area contributed by atoms with Crippen molar-refractivity contribution in [2.75, 3.05) is 6.54 Å². The highest BCUT2D eigenvalue weighted by molar-refractivity contribution is 5.91. The Morgan fingerprint density at radius 2 is 1.95 bits per heavy atom. The fraction of sp³-hybridized carbons (Fsp3) is 0.231. The number of carbonyl (C=O) groups excluding carboxylic acids is 1. The summed E-state index contributed by atoms with van der Waals surface area (Å²) in [4.78, 5) is 31.7. The second kappa shape index (κ2) is 7.75. The van der Waals surface area contributed by atoms with Gasteiger partial charge in [-0.15, -0.1) is 0 Å². The fourth-order valence-corrected chi connectivity index (χ4v) is 1.39. The number of amides is 1. The molecule has 1 amide bonds. The Kier molecular flexibility index (Phi) is 6.02. The van der Waals surface area contributed by atoms with E-state index in [-0.39, 0.29) is 18.7 Å². The summed E-state index contributed by atoms with van der Waals surface area (Å²) in [5.74, 6) is -1.79. The number of carboxylic acids is 1. The van der Waals surface area contributed by atoms with Crippen molar-refractivity contribution in [1.29, 1.82) is 0 Å². The largest absolute Gasteiger partial charge is 0.479 e. The molecule has 0 saturated carbocycles. The Balaban J connectivity index is 2.43. The van der Waals surface area contributed by atoms with Crippen molar-refractivity contribution in [3.8, 4) is 0 Å². The molecule has 0 aliphatic rings. The number of carboxylic acid groups (broad SMARTS) is 1. The lowest BCUT2D eigenvalue weighted by atomic mass is 10.2. The lowest BCUT2D eigenvalue weighted by Crippen LogP contribution is -2.28. The number of aliphatic hydroxyl groups excluding tert-OH is 1. The predicted molar refractivity (Wildman–Crippen MR) is 73.4 cm³/mol. The fourth-order valence-electron chi connectivity index (χ4n) is 1.39. The van der Waals surface area contributed by atoms with Crippen molar-refractivity contribution >= 4 is 23.6 Å². The van der Waals surface area contributed by atoms with Gasteiger partial charge in [0.25, 0.3) is 5.69 Å². The molecule has 1 aromatic rings. The number of nitrogens with zero attached hydrogens (tertiary/aromatic N) is 1. The first-order valence-corrected chi connectivity index (χ1v) is 6.01. The standard InChI is InChI=1S/C13H14N2O6/c16-11(13(18)19)7-8-14-12(17)6-3-9-1-4-10(5-2-9)15(20)21/h1-6,11,16H,7-8H2,(H,14,17)(H,18,19)/b6-3+/t11-/m0/s1. The van der Waals surface area contributed by atoms with Gasteiger partial charge in [-0.25, -0.2) is 4.79 Å². The Labute approximate surface area is 119 Å². The molecule has 21 heavy (non-hydrogen) atoms. The zero-order valence-electron chi connectivity index (χ0n) is 10.9. The van der Waals surface area contributed by atoms with Crippen LogP contribution in [0.15, 0.2) is 30.3 Å². The quantitative estimate of drug-likeness (QED) is 0.382. The van der Waals surface area contributed by atoms with Gasteiger partial charge in [-0.1, -0.05) is 0 Å². The van der Waals surface area contributed by atoms with Crippen LogP contribution >= 0.6 is 0 Å². The third-order valence-electron chi connectivity index (χ3n) is 2.53. The molecule has 0 spiro atoms. The Morgan fingerprint density at radius 3 is 2.48 bits per heavy atom. The maximum absolute atomic E-state index is 11.4. The Bertz CT molecular complexity index is 552. The summed E-state index contributed by atoms with van der Waals surface area (Å²) in [6.07, 6.45) is 1.08. The first-order chi connectivity index (χ1) is 9.90. The van der Waals surface area contributed by atoms with E-state index in [4.69, 9.17) is 10.2 Å². The molecule has 0 radical (unpaired) electrons. The molecule has 8 heteroatoms. The summed E-state index contributed by atoms with van der Waals surface area (Å²) in [6, 6.07) is 5.63. The number of hydrogen-bond acceptors (Lipinski definition) is 5. The predicted octanol–water partition coefficient (Wildman–Crippen LogP) is 0.560. The van der Waals surface area contributed by atoms with Gasteiger partial charge in [0.05, 0.1) is 4.92 Å². The van der Waals surface area contributed by atoms with E-state index in [1.165, 1.54) is 36.4 Å². The second-order valence-electron chi connectivity index (χ2n) is 4.12. The third-order valence-corrected chi connectivity index (χ3v) is 2.53. The van der Waals surface area contributed by atoms with E-state index in [0.717, 1.165) is 0 Å². The van der Waals surface area contributed by atoms with E-state index in [9.17, 15) is 19.7 Å². The molecule has 0 bridgehead atoms. The highest BCUT2D eigenvalue weighted by Crippen LogP contribution is 2.12. The molecule has 0 fully saturated rings. The van der Waals surface area contributed by atoms with E-state index in [0.29, 0.717) is 5.56 Å². The smallest absolute Gasteiger partial charge is 0.332 e. The van der Waals surface area contributed by atoms with E-state index in [1.54, 1.807) is 0 Å². The Morgan fingerprint density at radius 1 is 1.33 bits per heavy atom. The highest BCUT2D eigenvalue weighted by Gasteiger charge is 2.12. The number of aliphatic hydroxyl groups is 1. The molecule has 1 aromatic carbocycles. The molecular formula is C13H14N2O6. The van der Waals surface area contributed by atoms with Crippen LogP contribution in [0.5, 0.6) is 0 Å². The van der Waals surface area contributed by atoms with E-state index in [1.807, 2.05) is 0 Å². The molecule has 1 rings (SSSR count). The van der Waals surface area contributed by atoms with Crippen molar-refractivity contribution in [3.63, 3.8) is 0 Å². The van der Waals surface area contributed by atoms with Crippen LogP contribution in [-0.4, -0.2) is 39.7 Å². The van der Waals surface area contributed by atoms with Crippen LogP contribution in [0.1, 0.15) is 12.0 Å². The number of non-ortho nitro benzene ring substituents is 1. The van der Waals surface area contributed by atoms with Gasteiger partial charge in [0, 0.05) is 31.2 Å². The van der Waals surface area contributed by atoms with Gasteiger partial charge in [0.15, 0.2) is 6.10 Å². The lowest BCUT2D eigenvalue weighted by Gasteiger charge is -2.05. The number of nitro groups is 1. The minimum atomic E-state index is -1.51. The molecule has 0 aromatic heterocycles. The van der Waals surface area contributed by atoms with Gasteiger partial charge in [-0.05, 0) is 23.8 Å². The van der Waals surface area contributed by atoms with Crippen molar-refractivity contribution in [1.82, 2.24) is 5.32 Å². The van der Waals surface area contributed by atoms with Crippen molar-refractivity contribution in [2.24, 2.45) is 0 Å². The van der Waals surface area contributed by atoms with Crippen molar-refractivity contribution in [2.45, 2.75) is 12.5 Å². The van der Waals surface area contributed by atoms with E-state index in [2.05, 4.69) is 5.32 Å². The van der Waals surface area contributed by atoms with Gasteiger partial charge in [0.2, 0.25) is 5.91 Å². The first kappa shape index (κ1) is 16.3. The zero-order chi connectivity index (χ0) is 15.8. The van der Waals surface area contributed by atoms with Crippen LogP contribution in [0.2, 0.25) is 0 Å². The lowest BCUT2D eigenvalue weighted by molar-refractivity contribution is -0.384. The SMILES string of the molecule is O=C(/C=C/c1ccc([N+](=O)[O-])cc1)NCC[C@H](O)C(=O)O. The summed E-state index contributed by atoms with van der Waals surface area (Å²) in [7, 11) is 0. The summed E-state index contributed by atoms with van der Waals surface area (Å²) >= 11 is 0. The van der Waals surface area contributed by atoms with Crippen molar-refractivity contribution in [3.05, 3.63) is 46.0 Å². The van der Waals surface area contributed by atoms with E-state index >= 15 is 0 Å². The monoisotopic (exact) mass is 294 g/mol. The minimum absolute atomic E-state index is 0.0247. The molecule has 112 valence electrons. The van der Waals surface area contributed by atoms with Gasteiger partial charge in [0.1, 0.15) is 0 Å². The van der Waals surface area contributed by atoms with Gasteiger partial charge >= 0.3 is 5.97 Å². The number of nitro benzene ring substituents is 1. The topological polar surface area (TPSA) is 130 Å².